The van der Waals surface area contributed by atoms with Crippen LogP contribution in [-0.2, 0) is 6.42 Å². The molecule has 0 aliphatic heterocycles. The molecule has 0 bridgehead atoms. The number of nitrogens with zero attached hydrogens (tertiary/aromatic N) is 2. The highest BCUT2D eigenvalue weighted by atomic mass is 35.5. The van der Waals surface area contributed by atoms with Crippen LogP contribution in [0.1, 0.15) is 5.89 Å². The zero-order valence-electron chi connectivity index (χ0n) is 8.28. The summed E-state index contributed by atoms with van der Waals surface area (Å²) in [7, 11) is 0. The number of nitrogens with two attached hydrogens (primary N) is 1. The molecule has 1 aromatic heterocycles. The van der Waals surface area contributed by atoms with E-state index in [1.165, 1.54) is 0 Å². The van der Waals surface area contributed by atoms with Crippen molar-refractivity contribution >= 4 is 23.2 Å². The van der Waals surface area contributed by atoms with Crippen molar-refractivity contribution in [1.29, 1.82) is 0 Å². The van der Waals surface area contributed by atoms with Crippen molar-refractivity contribution in [3.05, 3.63) is 34.1 Å². The van der Waals surface area contributed by atoms with Gasteiger partial charge in [-0.2, -0.15) is 4.98 Å². The molecule has 1 heterocycles. The second-order valence-corrected chi connectivity index (χ2v) is 3.96. The number of aromatic nitrogens is 2. The summed E-state index contributed by atoms with van der Waals surface area (Å²) in [5.41, 5.74) is 5.97. The highest BCUT2D eigenvalue weighted by Gasteiger charge is 2.14. The van der Waals surface area contributed by atoms with Crippen LogP contribution in [0.3, 0.4) is 0 Å². The Morgan fingerprint density at radius 2 is 1.94 bits per heavy atom. The molecule has 6 heteroatoms. The molecule has 84 valence electrons. The van der Waals surface area contributed by atoms with Gasteiger partial charge in [-0.1, -0.05) is 34.4 Å². The van der Waals surface area contributed by atoms with Gasteiger partial charge in [-0.3, -0.25) is 0 Å². The number of benzene rings is 1. The average Bonchev–Trinajstić information content (AvgIpc) is 2.67. The third kappa shape index (κ3) is 2.19. The largest absolute Gasteiger partial charge is 0.339 e. The van der Waals surface area contributed by atoms with Gasteiger partial charge in [-0.15, -0.1) is 0 Å². The van der Waals surface area contributed by atoms with E-state index in [1.54, 1.807) is 18.2 Å². The maximum absolute atomic E-state index is 6.02. The van der Waals surface area contributed by atoms with E-state index in [9.17, 15) is 0 Å². The lowest BCUT2D eigenvalue weighted by atomic mass is 10.2. The van der Waals surface area contributed by atoms with Gasteiger partial charge in [-0.25, -0.2) is 0 Å². The van der Waals surface area contributed by atoms with Gasteiger partial charge < -0.3 is 10.3 Å². The Morgan fingerprint density at radius 1 is 1.25 bits per heavy atom. The molecule has 2 aromatic rings. The Balaban J connectivity index is 2.42. The van der Waals surface area contributed by atoms with E-state index in [1.807, 2.05) is 0 Å². The van der Waals surface area contributed by atoms with Gasteiger partial charge in [0.25, 0.3) is 0 Å². The lowest BCUT2D eigenvalue weighted by Crippen LogP contribution is -2.02. The van der Waals surface area contributed by atoms with Gasteiger partial charge >= 0.3 is 0 Å². The van der Waals surface area contributed by atoms with Crippen molar-refractivity contribution in [2.45, 2.75) is 6.42 Å². The van der Waals surface area contributed by atoms with Gasteiger partial charge in [0.15, 0.2) is 0 Å². The zero-order chi connectivity index (χ0) is 11.5. The third-order valence-corrected chi connectivity index (χ3v) is 2.64. The summed E-state index contributed by atoms with van der Waals surface area (Å²) in [6.45, 7) is 0.456. The minimum absolute atomic E-state index is 0.388. The molecule has 16 heavy (non-hydrogen) atoms. The molecule has 0 spiro atoms. The molecule has 0 fully saturated rings. The summed E-state index contributed by atoms with van der Waals surface area (Å²) in [4.78, 5) is 4.17. The fourth-order valence-corrected chi connectivity index (χ4v) is 1.86. The minimum Gasteiger partial charge on any atom is -0.339 e. The van der Waals surface area contributed by atoms with Crippen LogP contribution >= 0.6 is 23.2 Å². The lowest BCUT2D eigenvalue weighted by Gasteiger charge is -2.00. The first kappa shape index (κ1) is 11.4. The Morgan fingerprint density at radius 3 is 2.56 bits per heavy atom. The molecule has 0 aliphatic carbocycles. The monoisotopic (exact) mass is 257 g/mol. The molecule has 0 saturated heterocycles. The predicted molar refractivity (Wildman–Crippen MR) is 62.5 cm³/mol. The van der Waals surface area contributed by atoms with Crippen LogP contribution < -0.4 is 5.73 Å². The molecule has 1 aromatic carbocycles. The number of hydrogen-bond acceptors (Lipinski definition) is 4. The summed E-state index contributed by atoms with van der Waals surface area (Å²) in [5.74, 6) is 0.868. The van der Waals surface area contributed by atoms with Gasteiger partial charge in [0.1, 0.15) is 0 Å². The summed E-state index contributed by atoms with van der Waals surface area (Å²) in [6, 6.07) is 5.21. The molecule has 0 atom stereocenters. The average molecular weight is 258 g/mol. The van der Waals surface area contributed by atoms with Gasteiger partial charge in [-0.05, 0) is 12.1 Å². The normalized spacial score (nSPS) is 10.7. The van der Waals surface area contributed by atoms with Crippen molar-refractivity contribution in [3.8, 4) is 11.4 Å². The molecule has 2 N–H and O–H groups in total. The summed E-state index contributed by atoms with van der Waals surface area (Å²) in [5, 5.41) is 4.80. The van der Waals surface area contributed by atoms with Crippen LogP contribution in [0.15, 0.2) is 22.7 Å². The fraction of sp³-hybridized carbons (Fsp3) is 0.200. The van der Waals surface area contributed by atoms with Crippen LogP contribution in [0, 0.1) is 0 Å². The van der Waals surface area contributed by atoms with Crippen LogP contribution in [0.25, 0.3) is 11.4 Å². The second kappa shape index (κ2) is 4.82. The SMILES string of the molecule is NCCc1nc(-c2c(Cl)cccc2Cl)no1. The number of halogens is 2. The molecule has 0 aliphatic rings. The zero-order valence-corrected chi connectivity index (χ0v) is 9.79. The van der Waals surface area contributed by atoms with Gasteiger partial charge in [0, 0.05) is 13.0 Å². The van der Waals surface area contributed by atoms with Crippen molar-refractivity contribution in [3.63, 3.8) is 0 Å². The van der Waals surface area contributed by atoms with Gasteiger partial charge in [0.05, 0.1) is 15.6 Å². The van der Waals surface area contributed by atoms with Crippen molar-refractivity contribution in [2.24, 2.45) is 5.73 Å². The van der Waals surface area contributed by atoms with Crippen LogP contribution in [-0.4, -0.2) is 16.7 Å². The molecule has 0 radical (unpaired) electrons. The molecule has 0 saturated carbocycles. The Hall–Kier alpha value is -1.10. The Labute approximate surface area is 102 Å². The topological polar surface area (TPSA) is 64.9 Å². The van der Waals surface area contributed by atoms with Crippen molar-refractivity contribution in [2.75, 3.05) is 6.54 Å². The maximum atomic E-state index is 6.02. The van der Waals surface area contributed by atoms with E-state index in [2.05, 4.69) is 10.1 Å². The highest BCUT2D eigenvalue weighted by molar-refractivity contribution is 6.38. The maximum Gasteiger partial charge on any atom is 0.228 e. The van der Waals surface area contributed by atoms with E-state index in [0.717, 1.165) is 0 Å². The Bertz CT molecular complexity index is 478. The second-order valence-electron chi connectivity index (χ2n) is 3.15. The van der Waals surface area contributed by atoms with Crippen molar-refractivity contribution in [1.82, 2.24) is 10.1 Å². The van der Waals surface area contributed by atoms with E-state index in [0.29, 0.717) is 40.3 Å². The molecular formula is C10H9Cl2N3O. The molecule has 0 unspecified atom stereocenters. The van der Waals surface area contributed by atoms with Gasteiger partial charge in [0.2, 0.25) is 11.7 Å². The summed E-state index contributed by atoms with van der Waals surface area (Å²) in [6.07, 6.45) is 0.537. The molecule has 0 amide bonds. The summed E-state index contributed by atoms with van der Waals surface area (Å²) < 4.78 is 5.01. The first-order chi connectivity index (χ1) is 7.72. The number of rotatable bonds is 3. The van der Waals surface area contributed by atoms with E-state index < -0.39 is 0 Å². The molecule has 2 rings (SSSR count). The van der Waals surface area contributed by atoms with E-state index in [4.69, 9.17) is 33.5 Å². The standard InChI is InChI=1S/C10H9Cl2N3O/c11-6-2-1-3-7(12)9(6)10-14-8(4-5-13)16-15-10/h1-3H,4-5,13H2. The van der Waals surface area contributed by atoms with Crippen LogP contribution in [0.5, 0.6) is 0 Å². The molecular weight excluding hydrogens is 249 g/mol. The summed E-state index contributed by atoms with van der Waals surface area (Å²) >= 11 is 12.0. The fourth-order valence-electron chi connectivity index (χ4n) is 1.29. The Kier molecular flexibility index (Phi) is 3.43. The van der Waals surface area contributed by atoms with Crippen LogP contribution in [0.4, 0.5) is 0 Å². The third-order valence-electron chi connectivity index (χ3n) is 2.01. The predicted octanol–water partition coefficient (Wildman–Crippen LogP) is 2.54. The van der Waals surface area contributed by atoms with E-state index in [-0.39, 0.29) is 0 Å². The molecule has 4 nitrogen and oxygen atoms in total. The smallest absolute Gasteiger partial charge is 0.228 e. The first-order valence-corrected chi connectivity index (χ1v) is 5.45. The van der Waals surface area contributed by atoms with Crippen LogP contribution in [0.2, 0.25) is 10.0 Å². The van der Waals surface area contributed by atoms with Crippen molar-refractivity contribution < 1.29 is 4.52 Å². The lowest BCUT2D eigenvalue weighted by molar-refractivity contribution is 0.380. The highest BCUT2D eigenvalue weighted by Crippen LogP contribution is 2.32. The minimum atomic E-state index is 0.388. The number of hydrogen-bond donors (Lipinski definition) is 1. The quantitative estimate of drug-likeness (QED) is 0.918. The van der Waals surface area contributed by atoms with E-state index >= 15 is 0 Å². The first-order valence-electron chi connectivity index (χ1n) is 4.69.